The van der Waals surface area contributed by atoms with Crippen LogP contribution in [0, 0.1) is 6.92 Å². The van der Waals surface area contributed by atoms with Crippen molar-refractivity contribution in [1.29, 1.82) is 0 Å². The summed E-state index contributed by atoms with van der Waals surface area (Å²) in [5.74, 6) is -0.413. The van der Waals surface area contributed by atoms with Crippen molar-refractivity contribution in [3.8, 4) is 0 Å². The van der Waals surface area contributed by atoms with E-state index in [2.05, 4.69) is 23.4 Å². The first-order valence-corrected chi connectivity index (χ1v) is 7.83. The quantitative estimate of drug-likeness (QED) is 0.605. The molecule has 0 amide bonds. The van der Waals surface area contributed by atoms with E-state index in [0.29, 0.717) is 5.56 Å². The van der Waals surface area contributed by atoms with Crippen LogP contribution in [0.1, 0.15) is 40.7 Å². The van der Waals surface area contributed by atoms with Crippen LogP contribution >= 0.6 is 0 Å². The minimum absolute atomic E-state index is 0.413. The normalized spacial score (nSPS) is 17.6. The minimum Gasteiger partial charge on any atom is -0.313 e. The molecule has 3 heteroatoms. The zero-order valence-electron chi connectivity index (χ0n) is 13.2. The highest BCUT2D eigenvalue weighted by Gasteiger charge is 2.17. The van der Waals surface area contributed by atoms with Gasteiger partial charge in [-0.2, -0.15) is 0 Å². The molecule has 1 aliphatic carbocycles. The Morgan fingerprint density at radius 3 is 2.52 bits per heavy atom. The fraction of sp³-hybridized carbons (Fsp3) is 0.200. The number of rotatable bonds is 3. The van der Waals surface area contributed by atoms with E-state index in [4.69, 9.17) is 4.84 Å². The first-order chi connectivity index (χ1) is 11.2. The number of benzene rings is 2. The highest BCUT2D eigenvalue weighted by Crippen LogP contribution is 2.24. The molecule has 3 nitrogen and oxygen atoms in total. The molecule has 2 aromatic carbocycles. The smallest absolute Gasteiger partial charge is 0.313 e. The maximum atomic E-state index is 12.0. The zero-order chi connectivity index (χ0) is 16.1. The minimum atomic E-state index is -0.413. The Bertz CT molecular complexity index is 743. The highest BCUT2D eigenvalue weighted by atomic mass is 16.7. The number of carbonyl (C=O) groups is 1. The standard InChI is InChI=1S/C20H19NO2/c1-15-10-12-17(13-11-15)20(22)23-21-19-9-5-8-18(19)14-16-6-3-2-4-7-16/h2-4,6-7,10-14H,5,8-9H2,1H3/b18-14-,21-19+. The average Bonchev–Trinajstić information content (AvgIpc) is 3.01. The molecule has 2 aromatic rings. The summed E-state index contributed by atoms with van der Waals surface area (Å²) in [7, 11) is 0. The molecule has 0 atom stereocenters. The molecule has 0 radical (unpaired) electrons. The van der Waals surface area contributed by atoms with Crippen molar-refractivity contribution in [2.75, 3.05) is 0 Å². The summed E-state index contributed by atoms with van der Waals surface area (Å²) >= 11 is 0. The van der Waals surface area contributed by atoms with Gasteiger partial charge in [-0.15, -0.1) is 0 Å². The van der Waals surface area contributed by atoms with Crippen LogP contribution in [0.5, 0.6) is 0 Å². The van der Waals surface area contributed by atoms with Crippen molar-refractivity contribution in [2.45, 2.75) is 26.2 Å². The van der Waals surface area contributed by atoms with Crippen LogP contribution in [-0.4, -0.2) is 11.7 Å². The van der Waals surface area contributed by atoms with Crippen molar-refractivity contribution in [1.82, 2.24) is 0 Å². The van der Waals surface area contributed by atoms with Crippen LogP contribution < -0.4 is 0 Å². The Kier molecular flexibility index (Phi) is 4.67. The van der Waals surface area contributed by atoms with Crippen molar-refractivity contribution in [3.63, 3.8) is 0 Å². The molecule has 0 bridgehead atoms. The lowest BCUT2D eigenvalue weighted by Crippen LogP contribution is -2.04. The second-order valence-electron chi connectivity index (χ2n) is 5.72. The van der Waals surface area contributed by atoms with E-state index in [0.717, 1.165) is 41.7 Å². The van der Waals surface area contributed by atoms with Crippen LogP contribution in [0.4, 0.5) is 0 Å². The second kappa shape index (κ2) is 7.05. The number of hydrogen-bond acceptors (Lipinski definition) is 3. The van der Waals surface area contributed by atoms with Gasteiger partial charge in [-0.05, 0) is 55.5 Å². The zero-order valence-corrected chi connectivity index (χ0v) is 13.2. The van der Waals surface area contributed by atoms with Crippen molar-refractivity contribution in [2.24, 2.45) is 5.16 Å². The first kappa shape index (κ1) is 15.2. The van der Waals surface area contributed by atoms with Crippen LogP contribution in [0.15, 0.2) is 65.3 Å². The van der Waals surface area contributed by atoms with E-state index in [-0.39, 0.29) is 0 Å². The summed E-state index contributed by atoms with van der Waals surface area (Å²) in [6, 6.07) is 17.4. The summed E-state index contributed by atoms with van der Waals surface area (Å²) < 4.78 is 0. The van der Waals surface area contributed by atoms with Crippen LogP contribution in [0.3, 0.4) is 0 Å². The van der Waals surface area contributed by atoms with Gasteiger partial charge in [0.25, 0.3) is 0 Å². The van der Waals surface area contributed by atoms with Crippen molar-refractivity contribution < 1.29 is 9.63 Å². The monoisotopic (exact) mass is 305 g/mol. The molecule has 116 valence electrons. The summed E-state index contributed by atoms with van der Waals surface area (Å²) in [4.78, 5) is 17.2. The SMILES string of the molecule is Cc1ccc(C(=O)O/N=C2\CCC\C2=C\c2ccccc2)cc1. The van der Waals surface area contributed by atoms with E-state index in [1.54, 1.807) is 12.1 Å². The third kappa shape index (κ3) is 3.95. The Morgan fingerprint density at radius 1 is 1.04 bits per heavy atom. The Morgan fingerprint density at radius 2 is 1.78 bits per heavy atom. The van der Waals surface area contributed by atoms with Gasteiger partial charge in [0.2, 0.25) is 0 Å². The molecule has 1 saturated carbocycles. The predicted octanol–water partition coefficient (Wildman–Crippen LogP) is 4.78. The molecule has 0 heterocycles. The van der Waals surface area contributed by atoms with Crippen LogP contribution in [0.2, 0.25) is 0 Å². The Labute approximate surface area is 136 Å². The average molecular weight is 305 g/mol. The summed E-state index contributed by atoms with van der Waals surface area (Å²) in [5.41, 5.74) is 4.78. The van der Waals surface area contributed by atoms with Crippen LogP contribution in [-0.2, 0) is 4.84 Å². The lowest BCUT2D eigenvalue weighted by molar-refractivity contribution is 0.0516. The lowest BCUT2D eigenvalue weighted by atomic mass is 10.1. The number of carbonyl (C=O) groups excluding carboxylic acids is 1. The number of nitrogens with zero attached hydrogens (tertiary/aromatic N) is 1. The molecule has 0 unspecified atom stereocenters. The molecule has 1 fully saturated rings. The molecule has 3 rings (SSSR count). The maximum absolute atomic E-state index is 12.0. The first-order valence-electron chi connectivity index (χ1n) is 7.83. The Hall–Kier alpha value is -2.68. The van der Waals surface area contributed by atoms with E-state index in [9.17, 15) is 4.79 Å². The summed E-state index contributed by atoms with van der Waals surface area (Å²) in [5, 5.41) is 4.10. The highest BCUT2D eigenvalue weighted by molar-refractivity contribution is 6.05. The molecule has 1 aliphatic rings. The molecular formula is C20H19NO2. The van der Waals surface area contributed by atoms with Gasteiger partial charge >= 0.3 is 5.97 Å². The fourth-order valence-electron chi connectivity index (χ4n) is 2.60. The van der Waals surface area contributed by atoms with Crippen molar-refractivity contribution in [3.05, 3.63) is 76.9 Å². The number of aryl methyl sites for hydroxylation is 1. The largest absolute Gasteiger partial charge is 0.365 e. The van der Waals surface area contributed by atoms with Gasteiger partial charge in [-0.1, -0.05) is 53.2 Å². The fourth-order valence-corrected chi connectivity index (χ4v) is 2.60. The maximum Gasteiger partial charge on any atom is 0.365 e. The molecule has 0 aliphatic heterocycles. The number of allylic oxidation sites excluding steroid dienone is 1. The lowest BCUT2D eigenvalue weighted by Gasteiger charge is -2.02. The molecular weight excluding hydrogens is 286 g/mol. The molecule has 0 aromatic heterocycles. The van der Waals surface area contributed by atoms with E-state index in [1.165, 1.54) is 0 Å². The number of oxime groups is 1. The number of hydrogen-bond donors (Lipinski definition) is 0. The van der Waals surface area contributed by atoms with E-state index >= 15 is 0 Å². The van der Waals surface area contributed by atoms with Gasteiger partial charge < -0.3 is 4.84 Å². The van der Waals surface area contributed by atoms with E-state index in [1.807, 2.05) is 37.3 Å². The van der Waals surface area contributed by atoms with Gasteiger partial charge in [0, 0.05) is 0 Å². The van der Waals surface area contributed by atoms with Gasteiger partial charge in [0.05, 0.1) is 11.3 Å². The van der Waals surface area contributed by atoms with Crippen LogP contribution in [0.25, 0.3) is 6.08 Å². The van der Waals surface area contributed by atoms with Crippen molar-refractivity contribution >= 4 is 17.8 Å². The van der Waals surface area contributed by atoms with E-state index < -0.39 is 5.97 Å². The summed E-state index contributed by atoms with van der Waals surface area (Å²) in [6.45, 7) is 1.98. The molecule has 23 heavy (non-hydrogen) atoms. The van der Waals surface area contributed by atoms with Gasteiger partial charge in [-0.25, -0.2) is 4.79 Å². The van der Waals surface area contributed by atoms with Gasteiger partial charge in [0.15, 0.2) is 0 Å². The molecule has 0 saturated heterocycles. The summed E-state index contributed by atoms with van der Waals surface area (Å²) in [6.07, 6.45) is 4.97. The third-order valence-corrected chi connectivity index (χ3v) is 3.90. The Balaban J connectivity index is 1.72. The van der Waals surface area contributed by atoms with Gasteiger partial charge in [-0.3, -0.25) is 0 Å². The third-order valence-electron chi connectivity index (χ3n) is 3.90. The topological polar surface area (TPSA) is 38.7 Å². The second-order valence-corrected chi connectivity index (χ2v) is 5.72. The molecule has 0 spiro atoms. The van der Waals surface area contributed by atoms with Gasteiger partial charge in [0.1, 0.15) is 0 Å². The molecule has 0 N–H and O–H groups in total. The predicted molar refractivity (Wildman–Crippen MR) is 92.3 cm³/mol.